The fourth-order valence-corrected chi connectivity index (χ4v) is 11.3. The summed E-state index contributed by atoms with van der Waals surface area (Å²) < 4.78 is 14.0. The third-order valence-electron chi connectivity index (χ3n) is 16.3. The number of aromatic nitrogens is 1. The number of hydrogen-bond acceptors (Lipinski definition) is 15. The Morgan fingerprint density at radius 1 is 0.565 bits per heavy atom. The second-order valence-electron chi connectivity index (χ2n) is 23.1. The first-order valence-electron chi connectivity index (χ1n) is 29.5. The first-order valence-corrected chi connectivity index (χ1v) is 29.5. The van der Waals surface area contributed by atoms with Gasteiger partial charge < -0.3 is 56.4 Å². The zero-order valence-corrected chi connectivity index (χ0v) is 54.0. The molecule has 485 valence electrons. The summed E-state index contributed by atoms with van der Waals surface area (Å²) in [5, 5.41) is 30.4. The van der Waals surface area contributed by atoms with Crippen molar-refractivity contribution in [3.63, 3.8) is 0 Å². The van der Waals surface area contributed by atoms with Gasteiger partial charge in [-0.2, -0.15) is 0 Å². The van der Waals surface area contributed by atoms with Crippen LogP contribution in [0.3, 0.4) is 0 Å². The number of carbonyl (C=O) groups excluding carboxylic acids is 8. The van der Waals surface area contributed by atoms with Crippen LogP contribution in [0.5, 0.6) is 0 Å². The second-order valence-corrected chi connectivity index (χ2v) is 23.1. The van der Waals surface area contributed by atoms with Gasteiger partial charge in [-0.05, 0) is 111 Å². The van der Waals surface area contributed by atoms with Crippen molar-refractivity contribution in [2.24, 2.45) is 16.6 Å². The lowest BCUT2D eigenvalue weighted by molar-refractivity contribution is -0.162. The maximum absolute atomic E-state index is 12.3. The van der Waals surface area contributed by atoms with Gasteiger partial charge in [0.1, 0.15) is 12.2 Å². The van der Waals surface area contributed by atoms with E-state index in [-0.39, 0.29) is 55.7 Å². The minimum absolute atomic E-state index is 0. The maximum atomic E-state index is 12.3. The number of ketones is 1. The lowest BCUT2D eigenvalue weighted by Gasteiger charge is -2.53. The molecule has 4 bridgehead atoms. The van der Waals surface area contributed by atoms with Gasteiger partial charge in [-0.25, -0.2) is 4.79 Å². The molecule has 5 heterocycles. The molecule has 4 amide bonds. The van der Waals surface area contributed by atoms with E-state index in [9.17, 15) is 43.2 Å². The van der Waals surface area contributed by atoms with Gasteiger partial charge in [0.15, 0.2) is 0 Å². The molecule has 20 nitrogen and oxygen atoms in total. The van der Waals surface area contributed by atoms with E-state index in [1.54, 1.807) is 6.20 Å². The number of nitrogens with two attached hydrogens (primary N) is 1. The van der Waals surface area contributed by atoms with Gasteiger partial charge in [0.25, 0.3) is 11.5 Å². The van der Waals surface area contributed by atoms with Crippen LogP contribution >= 0.6 is 0 Å². The topological polar surface area (TPSA) is 312 Å². The van der Waals surface area contributed by atoms with Crippen molar-refractivity contribution in [1.29, 1.82) is 0 Å². The molecule has 2 saturated heterocycles. The van der Waals surface area contributed by atoms with Crippen LogP contribution in [0.15, 0.2) is 175 Å². The van der Waals surface area contributed by atoms with Crippen LogP contribution in [0, 0.1) is 17.8 Å². The molecule has 2 aliphatic carbocycles. The lowest BCUT2D eigenvalue weighted by atomic mass is 9.55. The number of aromatic amines is 1. The summed E-state index contributed by atoms with van der Waals surface area (Å²) in [7, 11) is 4.02. The number of ether oxygens (including phenoxy) is 3. The molecular formula is C71H84BN6O14. The number of carbonyl (C=O) groups is 8. The highest BCUT2D eigenvalue weighted by atomic mass is 16.5. The number of methoxy groups -OCH3 is 3. The number of aliphatic hydroxyl groups is 2. The number of fused-ring (bicyclic) bond motifs is 5. The van der Waals surface area contributed by atoms with Crippen molar-refractivity contribution < 1.29 is 62.8 Å². The first kappa shape index (κ1) is 74.9. The smallest absolute Gasteiger partial charge is 0.334 e. The van der Waals surface area contributed by atoms with Crippen molar-refractivity contribution in [2.45, 2.75) is 123 Å². The lowest BCUT2D eigenvalue weighted by Crippen LogP contribution is -2.63. The van der Waals surface area contributed by atoms with E-state index in [0.717, 1.165) is 49.7 Å². The quantitative estimate of drug-likeness (QED) is 0.0293. The Hall–Kier alpha value is -9.57. The van der Waals surface area contributed by atoms with Crippen LogP contribution in [0.4, 0.5) is 0 Å². The fourth-order valence-electron chi connectivity index (χ4n) is 11.3. The predicted octanol–water partition coefficient (Wildman–Crippen LogP) is 7.11. The summed E-state index contributed by atoms with van der Waals surface area (Å²) >= 11 is 0. The predicted molar refractivity (Wildman–Crippen MR) is 351 cm³/mol. The number of esters is 3. The van der Waals surface area contributed by atoms with Crippen LogP contribution in [0.1, 0.15) is 118 Å². The number of pyridine rings is 1. The Bertz CT molecular complexity index is 3620. The zero-order chi connectivity index (χ0) is 67.3. The average molecular weight is 1260 g/mol. The number of Topliss-reactive ketones (excluding diaryl/α,β-unsaturated/α-hetero) is 1. The molecule has 4 aliphatic heterocycles. The summed E-state index contributed by atoms with van der Waals surface area (Å²) in [6, 6.07) is 51.9. The molecule has 7 aromatic rings. The van der Waals surface area contributed by atoms with Crippen molar-refractivity contribution in [3.8, 4) is 0 Å². The van der Waals surface area contributed by atoms with E-state index in [2.05, 4.69) is 31.0 Å². The van der Waals surface area contributed by atoms with Crippen LogP contribution in [-0.2, 0) is 83.0 Å². The van der Waals surface area contributed by atoms with Crippen molar-refractivity contribution in [3.05, 3.63) is 225 Å². The number of H-pyrrole nitrogens is 1. The highest BCUT2D eigenvalue weighted by Gasteiger charge is 2.62. The standard InChI is InChI=1S/2C15H17NO3.C10H13NO2.C10H11NO2.C10H9NO.C7H9N.C4H8O3.B/c2*1-14-8-15(2,13(18)19-3)11(16-12(14)17)9-6-4-5-7-10(9)14;2*1-8(12)10(13)11-7-9-5-3-2-4-6-9;1-7-9-5-3-2-4-8(9)6-11-10(7)12;8-6-7-4-2-1-3-5-7;1-3(5)4(6)7-2;/h2*4-7,11H,8H2,1-3H3,(H,16,17);2-6,8,12H,7H2,1H3,(H,11,13);2-6H,7H2,1H3,(H,11,13);2-6H,1H3,(H,11,12);1-5H,6,8H2;3,5H,1-2H3;/t;;8-;;;;3-;/m..0...0./s1. The van der Waals surface area contributed by atoms with E-state index in [0.29, 0.717) is 32.5 Å². The monoisotopic (exact) mass is 1260 g/mol. The largest absolute Gasteiger partial charge is 0.469 e. The maximum Gasteiger partial charge on any atom is 0.334 e. The number of nitrogens with one attached hydrogen (secondary N) is 5. The Morgan fingerprint density at radius 2 is 0.957 bits per heavy atom. The van der Waals surface area contributed by atoms with E-state index in [1.807, 2.05) is 198 Å². The highest BCUT2D eigenvalue weighted by Crippen LogP contribution is 2.57. The van der Waals surface area contributed by atoms with E-state index < -0.39 is 51.5 Å². The summed E-state index contributed by atoms with van der Waals surface area (Å²) in [6.45, 7) is 14.9. The van der Waals surface area contributed by atoms with Gasteiger partial charge in [0.2, 0.25) is 23.5 Å². The van der Waals surface area contributed by atoms with E-state index >= 15 is 0 Å². The van der Waals surface area contributed by atoms with Gasteiger partial charge in [-0.3, -0.25) is 38.4 Å². The van der Waals surface area contributed by atoms with E-state index in [4.69, 9.17) is 25.4 Å². The third kappa shape index (κ3) is 18.3. The van der Waals surface area contributed by atoms with Gasteiger partial charge in [-0.1, -0.05) is 164 Å². The molecule has 6 unspecified atom stereocenters. The molecule has 0 spiro atoms. The minimum Gasteiger partial charge on any atom is -0.469 e. The highest BCUT2D eigenvalue weighted by molar-refractivity contribution is 6.35. The molecule has 8 atom stereocenters. The van der Waals surface area contributed by atoms with Crippen LogP contribution in [0.25, 0.3) is 10.8 Å². The van der Waals surface area contributed by atoms with Crippen molar-refractivity contribution in [2.75, 3.05) is 21.3 Å². The molecule has 9 N–H and O–H groups in total. The Balaban J connectivity index is 0.000000234. The van der Waals surface area contributed by atoms with Crippen LogP contribution < -0.4 is 32.6 Å². The second kappa shape index (κ2) is 34.0. The summed E-state index contributed by atoms with van der Waals surface area (Å²) in [5.74, 6) is -2.48. The SMILES string of the molecule is CC(=O)C(=O)NCc1ccccc1.COC(=O)C1(C)CC2(C)C(=O)NC1c1ccccc12.COC(=O)C1(C)CC2(C)C(=O)NC1c1ccccc12.COC(=O)[C@H](C)O.C[C@H](O)C(=O)NCc1ccccc1.Cc1c(=O)[nH]cc2ccccc12.NCc1ccccc1.[B]. The molecular weight excluding hydrogens is 1170 g/mol. The Labute approximate surface area is 539 Å². The molecule has 92 heavy (non-hydrogen) atoms. The number of amides is 4. The number of piperidine rings is 2. The molecule has 6 aromatic carbocycles. The van der Waals surface area contributed by atoms with Crippen LogP contribution in [0.2, 0.25) is 0 Å². The number of aliphatic hydroxyl groups excluding tert-OH is 2. The van der Waals surface area contributed by atoms with Crippen molar-refractivity contribution >= 4 is 66.5 Å². The summed E-state index contributed by atoms with van der Waals surface area (Å²) in [4.78, 5) is 105. The number of hydrogen-bond donors (Lipinski definition) is 8. The summed E-state index contributed by atoms with van der Waals surface area (Å²) in [6.07, 6.45) is 0.777. The molecule has 2 fully saturated rings. The number of rotatable bonds is 10. The molecule has 21 heteroatoms. The average Bonchev–Trinajstić information content (AvgIpc) is 0.713. The molecule has 1 aromatic heterocycles. The minimum atomic E-state index is -0.995. The van der Waals surface area contributed by atoms with Crippen LogP contribution in [-0.4, -0.2) is 104 Å². The Kier molecular flexibility index (Phi) is 27.7. The van der Waals surface area contributed by atoms with Crippen molar-refractivity contribution in [1.82, 2.24) is 26.3 Å². The Morgan fingerprint density at radius 3 is 1.33 bits per heavy atom. The number of aryl methyl sites for hydroxylation is 1. The molecule has 13 rings (SSSR count). The van der Waals surface area contributed by atoms with Gasteiger partial charge in [-0.15, -0.1) is 0 Å². The first-order chi connectivity index (χ1) is 43.2. The summed E-state index contributed by atoms with van der Waals surface area (Å²) in [5.41, 5.74) is 10.7. The fraction of sp³-hybridized carbons (Fsp3) is 0.338. The van der Waals surface area contributed by atoms with Gasteiger partial charge >= 0.3 is 17.9 Å². The normalized spacial score (nSPS) is 20.8. The van der Waals surface area contributed by atoms with E-state index in [1.165, 1.54) is 47.7 Å². The third-order valence-corrected chi connectivity index (χ3v) is 16.3. The zero-order valence-electron chi connectivity index (χ0n) is 54.0. The molecule has 3 radical (unpaired) electrons. The van der Waals surface area contributed by atoms with Gasteiger partial charge in [0.05, 0.1) is 55.1 Å². The van der Waals surface area contributed by atoms with Gasteiger partial charge in [0, 0.05) is 46.7 Å². The number of benzene rings is 6. The molecule has 6 aliphatic rings. The molecule has 0 saturated carbocycles.